The predicted octanol–water partition coefficient (Wildman–Crippen LogP) is -1.07. The Morgan fingerprint density at radius 1 is 1.58 bits per heavy atom. The predicted molar refractivity (Wildman–Crippen MR) is 45.1 cm³/mol. The van der Waals surface area contributed by atoms with Crippen LogP contribution in [-0.4, -0.2) is 20.0 Å². The van der Waals surface area contributed by atoms with Gasteiger partial charge in [0, 0.05) is 7.11 Å². The van der Waals surface area contributed by atoms with E-state index in [0.717, 1.165) is 0 Å². The number of rotatable bonds is 6. The minimum absolute atomic E-state index is 0. The number of hydrogen-bond acceptors (Lipinski definition) is 2. The fraction of sp³-hybridized carbons (Fsp3) is 0.556. The van der Waals surface area contributed by atoms with Crippen molar-refractivity contribution >= 4 is 0 Å². The number of hydrogen-bond donors (Lipinski definition) is 0. The summed E-state index contributed by atoms with van der Waals surface area (Å²) in [5, 5.41) is 0. The van der Waals surface area contributed by atoms with Gasteiger partial charge < -0.3 is 15.5 Å². The zero-order valence-electron chi connectivity index (χ0n) is 8.17. The topological polar surface area (TPSA) is 18.5 Å². The minimum atomic E-state index is 0. The van der Waals surface area contributed by atoms with Crippen molar-refractivity contribution in [3.8, 4) is 0 Å². The molecule has 0 aliphatic heterocycles. The van der Waals surface area contributed by atoms with Crippen LogP contribution < -0.4 is 18.9 Å². The summed E-state index contributed by atoms with van der Waals surface area (Å²) in [6.45, 7) is 5.78. The third kappa shape index (κ3) is 8.10. The Hall–Kier alpha value is -0.00260. The molecule has 0 amide bonds. The normalized spacial score (nSPS) is 12.5. The fourth-order valence-electron chi connectivity index (χ4n) is 0.695. The molecule has 0 rings (SSSR count). The van der Waals surface area contributed by atoms with Gasteiger partial charge in [-0.15, -0.1) is 0 Å². The standard InChI is InChI=1S/C9H15O2.Li/c1-4-6-9(7-5-2)11-8-10-3;/h5,7,9H,1,6,8H2,2-3H3;/q-1;+1/b7-5+;. The summed E-state index contributed by atoms with van der Waals surface area (Å²) in [4.78, 5) is 0. The van der Waals surface area contributed by atoms with E-state index in [1.54, 1.807) is 7.11 Å². The molecule has 2 nitrogen and oxygen atoms in total. The Kier molecular flexibility index (Phi) is 13.3. The summed E-state index contributed by atoms with van der Waals surface area (Å²) in [5.74, 6) is 0. The van der Waals surface area contributed by atoms with Gasteiger partial charge in [0.1, 0.15) is 6.79 Å². The third-order valence-electron chi connectivity index (χ3n) is 1.15. The van der Waals surface area contributed by atoms with Crippen molar-refractivity contribution in [2.45, 2.75) is 19.4 Å². The van der Waals surface area contributed by atoms with Crippen LogP contribution in [0.25, 0.3) is 0 Å². The fourth-order valence-corrected chi connectivity index (χ4v) is 0.695. The van der Waals surface area contributed by atoms with Crippen LogP contribution in [-0.2, 0) is 9.47 Å². The van der Waals surface area contributed by atoms with Crippen LogP contribution in [0.5, 0.6) is 0 Å². The number of ether oxygens (including phenoxy) is 2. The van der Waals surface area contributed by atoms with Gasteiger partial charge in [0.15, 0.2) is 0 Å². The van der Waals surface area contributed by atoms with Crippen LogP contribution in [0.4, 0.5) is 0 Å². The minimum Gasteiger partial charge on any atom is -0.501 e. The zero-order valence-corrected chi connectivity index (χ0v) is 8.17. The molecule has 1 unspecified atom stereocenters. The van der Waals surface area contributed by atoms with Gasteiger partial charge in [-0.3, -0.25) is 6.58 Å². The Balaban J connectivity index is 0. The summed E-state index contributed by atoms with van der Waals surface area (Å²) in [6.07, 6.45) is 7.43. The van der Waals surface area contributed by atoms with Crippen LogP contribution in [0.1, 0.15) is 13.3 Å². The van der Waals surface area contributed by atoms with Crippen LogP contribution in [0.3, 0.4) is 0 Å². The van der Waals surface area contributed by atoms with Crippen LogP contribution >= 0.6 is 0 Å². The number of allylic oxidation sites excluding steroid dienone is 1. The first-order valence-electron chi connectivity index (χ1n) is 3.58. The molecule has 0 aliphatic carbocycles. The van der Waals surface area contributed by atoms with Gasteiger partial charge in [0.2, 0.25) is 0 Å². The molecule has 0 heterocycles. The van der Waals surface area contributed by atoms with Gasteiger partial charge in [0.05, 0.1) is 6.10 Å². The third-order valence-corrected chi connectivity index (χ3v) is 1.15. The van der Waals surface area contributed by atoms with E-state index in [1.165, 1.54) is 0 Å². The molecule has 0 fully saturated rings. The van der Waals surface area contributed by atoms with E-state index >= 15 is 0 Å². The van der Waals surface area contributed by atoms with E-state index in [-0.39, 0.29) is 25.0 Å². The molecule has 12 heavy (non-hydrogen) atoms. The molecular weight excluding hydrogens is 147 g/mol. The molecule has 1 atom stereocenters. The van der Waals surface area contributed by atoms with Crippen LogP contribution in [0.15, 0.2) is 18.7 Å². The summed E-state index contributed by atoms with van der Waals surface area (Å²) < 4.78 is 10.0. The molecule has 0 N–H and O–H groups in total. The van der Waals surface area contributed by atoms with Gasteiger partial charge in [0.25, 0.3) is 0 Å². The summed E-state index contributed by atoms with van der Waals surface area (Å²) in [6, 6.07) is 0. The average Bonchev–Trinajstić information content (AvgIpc) is 2.01. The Morgan fingerprint density at radius 2 is 2.25 bits per heavy atom. The zero-order chi connectivity index (χ0) is 8.53. The second kappa shape index (κ2) is 11.0. The van der Waals surface area contributed by atoms with E-state index in [2.05, 4.69) is 12.7 Å². The average molecular weight is 162 g/mol. The Morgan fingerprint density at radius 3 is 2.67 bits per heavy atom. The molecule has 0 saturated heterocycles. The largest absolute Gasteiger partial charge is 1.00 e. The van der Waals surface area contributed by atoms with E-state index in [4.69, 9.17) is 9.47 Å². The van der Waals surface area contributed by atoms with Crippen LogP contribution in [0, 0.1) is 6.08 Å². The summed E-state index contributed by atoms with van der Waals surface area (Å²) in [7, 11) is 1.60. The second-order valence-corrected chi connectivity index (χ2v) is 2.09. The molecule has 0 bridgehead atoms. The van der Waals surface area contributed by atoms with Gasteiger partial charge >= 0.3 is 18.9 Å². The SMILES string of the molecule is C=[C-]CC(/C=C/C)OCOC.[Li+]. The van der Waals surface area contributed by atoms with Crippen molar-refractivity contribution in [3.05, 3.63) is 24.8 Å². The summed E-state index contributed by atoms with van der Waals surface area (Å²) in [5.41, 5.74) is 0. The number of methoxy groups -OCH3 is 1. The molecule has 0 aromatic heterocycles. The molecule has 3 heteroatoms. The smallest absolute Gasteiger partial charge is 0.501 e. The van der Waals surface area contributed by atoms with Crippen molar-refractivity contribution in [3.63, 3.8) is 0 Å². The van der Waals surface area contributed by atoms with Crippen LogP contribution in [0.2, 0.25) is 0 Å². The van der Waals surface area contributed by atoms with Gasteiger partial charge in [-0.25, -0.2) is 0 Å². The van der Waals surface area contributed by atoms with E-state index < -0.39 is 0 Å². The molecule has 0 aromatic carbocycles. The maximum Gasteiger partial charge on any atom is 1.00 e. The first-order valence-corrected chi connectivity index (χ1v) is 3.58. The van der Waals surface area contributed by atoms with Crippen molar-refractivity contribution in [1.82, 2.24) is 0 Å². The first kappa shape index (κ1) is 14.5. The Labute approximate surface area is 86.8 Å². The molecule has 0 spiro atoms. The molecule has 64 valence electrons. The molecule has 0 aliphatic rings. The maximum absolute atomic E-state index is 5.26. The summed E-state index contributed by atoms with van der Waals surface area (Å²) >= 11 is 0. The first-order chi connectivity index (χ1) is 5.35. The van der Waals surface area contributed by atoms with Crippen molar-refractivity contribution in [2.75, 3.05) is 13.9 Å². The quantitative estimate of drug-likeness (QED) is 0.214. The maximum atomic E-state index is 5.26. The molecule has 0 aromatic rings. The molecule has 0 radical (unpaired) electrons. The monoisotopic (exact) mass is 162 g/mol. The van der Waals surface area contributed by atoms with E-state index in [9.17, 15) is 0 Å². The van der Waals surface area contributed by atoms with Gasteiger partial charge in [-0.05, 0) is 6.92 Å². The van der Waals surface area contributed by atoms with Gasteiger partial charge in [-0.2, -0.15) is 6.42 Å². The van der Waals surface area contributed by atoms with Crippen molar-refractivity contribution in [1.29, 1.82) is 0 Å². The van der Waals surface area contributed by atoms with E-state index in [1.807, 2.05) is 19.1 Å². The molecule has 0 saturated carbocycles. The van der Waals surface area contributed by atoms with Crippen molar-refractivity contribution in [2.24, 2.45) is 0 Å². The Bertz CT molecular complexity index is 124. The second-order valence-electron chi connectivity index (χ2n) is 2.09. The van der Waals surface area contributed by atoms with Gasteiger partial charge in [-0.1, -0.05) is 12.2 Å². The van der Waals surface area contributed by atoms with Crippen molar-refractivity contribution < 1.29 is 28.3 Å². The molecular formula is C9H15LiO2. The van der Waals surface area contributed by atoms with E-state index in [0.29, 0.717) is 13.2 Å².